The minimum atomic E-state index is 0.0760. The standard InChI is InChI=1S/C20H27ClN4O/c1-11-14(12(2)25-24-11)7-9-19(26)22-18-5-3-4-15-16-10-13(21)6-8-17(16)23-20(15)18/h6,8,10-12,14,18,23-25H,3-5,7,9H2,1-2H3,(H,22,26). The molecular formula is C20H27ClN4O. The van der Waals surface area contributed by atoms with E-state index in [0.717, 1.165) is 41.9 Å². The smallest absolute Gasteiger partial charge is 0.220 e. The molecule has 1 aromatic carbocycles. The lowest BCUT2D eigenvalue weighted by molar-refractivity contribution is -0.122. The Bertz CT molecular complexity index is 807. The lowest BCUT2D eigenvalue weighted by Crippen LogP contribution is -2.32. The van der Waals surface area contributed by atoms with Gasteiger partial charge in [0.2, 0.25) is 5.91 Å². The second-order valence-electron chi connectivity index (χ2n) is 7.79. The summed E-state index contributed by atoms with van der Waals surface area (Å²) in [5, 5.41) is 5.21. The van der Waals surface area contributed by atoms with Crippen molar-refractivity contribution >= 4 is 28.4 Å². The van der Waals surface area contributed by atoms with Gasteiger partial charge in [0.05, 0.1) is 6.04 Å². The lowest BCUT2D eigenvalue weighted by Gasteiger charge is -2.24. The average Bonchev–Trinajstić information content (AvgIpc) is 3.14. The van der Waals surface area contributed by atoms with Crippen LogP contribution in [0.5, 0.6) is 0 Å². The molecule has 140 valence electrons. The molecule has 2 heterocycles. The van der Waals surface area contributed by atoms with Gasteiger partial charge in [0.25, 0.3) is 0 Å². The molecule has 4 rings (SSSR count). The maximum absolute atomic E-state index is 12.6. The van der Waals surface area contributed by atoms with E-state index in [4.69, 9.17) is 11.6 Å². The first kappa shape index (κ1) is 17.8. The molecule has 0 radical (unpaired) electrons. The maximum Gasteiger partial charge on any atom is 0.220 e. The molecule has 3 atom stereocenters. The van der Waals surface area contributed by atoms with E-state index < -0.39 is 0 Å². The van der Waals surface area contributed by atoms with Crippen LogP contribution in [0.15, 0.2) is 18.2 Å². The summed E-state index contributed by atoms with van der Waals surface area (Å²) in [5.41, 5.74) is 10.1. The molecule has 5 nitrogen and oxygen atoms in total. The van der Waals surface area contributed by atoms with Gasteiger partial charge in [-0.25, -0.2) is 0 Å². The Labute approximate surface area is 159 Å². The van der Waals surface area contributed by atoms with Crippen molar-refractivity contribution < 1.29 is 4.79 Å². The summed E-state index contributed by atoms with van der Waals surface area (Å²) in [7, 11) is 0. The van der Waals surface area contributed by atoms with E-state index in [1.807, 2.05) is 18.2 Å². The first-order valence-electron chi connectivity index (χ1n) is 9.63. The van der Waals surface area contributed by atoms with Crippen LogP contribution in [0, 0.1) is 5.92 Å². The molecule has 0 bridgehead atoms. The molecule has 3 unspecified atom stereocenters. The molecular weight excluding hydrogens is 348 g/mol. The number of hydrogen-bond donors (Lipinski definition) is 4. The normalized spacial score (nSPS) is 28.3. The van der Waals surface area contributed by atoms with Crippen LogP contribution in [-0.4, -0.2) is 23.0 Å². The quantitative estimate of drug-likeness (QED) is 0.661. The molecule has 2 aromatic rings. The Morgan fingerprint density at radius 2 is 2.04 bits per heavy atom. The van der Waals surface area contributed by atoms with Crippen LogP contribution in [0.1, 0.15) is 56.8 Å². The summed E-state index contributed by atoms with van der Waals surface area (Å²) >= 11 is 6.17. The summed E-state index contributed by atoms with van der Waals surface area (Å²) in [5.74, 6) is 0.628. The van der Waals surface area contributed by atoms with Crippen molar-refractivity contribution in [3.8, 4) is 0 Å². The second kappa shape index (κ2) is 7.22. The monoisotopic (exact) mass is 374 g/mol. The van der Waals surface area contributed by atoms with Gasteiger partial charge in [-0.05, 0) is 69.2 Å². The minimum absolute atomic E-state index is 0.0760. The summed E-state index contributed by atoms with van der Waals surface area (Å²) < 4.78 is 0. The number of H-pyrrole nitrogens is 1. The summed E-state index contributed by atoms with van der Waals surface area (Å²) in [6.07, 6.45) is 4.58. The van der Waals surface area contributed by atoms with Crippen LogP contribution in [-0.2, 0) is 11.2 Å². The van der Waals surface area contributed by atoms with Crippen LogP contribution in [0.4, 0.5) is 0 Å². The van der Waals surface area contributed by atoms with E-state index in [-0.39, 0.29) is 11.9 Å². The number of hydrogen-bond acceptors (Lipinski definition) is 3. The number of aromatic nitrogens is 1. The van der Waals surface area contributed by atoms with E-state index in [0.29, 0.717) is 24.4 Å². The Kier molecular flexibility index (Phi) is 4.95. The van der Waals surface area contributed by atoms with Gasteiger partial charge in [0.15, 0.2) is 0 Å². The number of carbonyl (C=O) groups excluding carboxylic acids is 1. The average molecular weight is 375 g/mol. The predicted molar refractivity (Wildman–Crippen MR) is 105 cm³/mol. The van der Waals surface area contributed by atoms with E-state index in [1.54, 1.807) is 0 Å². The van der Waals surface area contributed by atoms with Crippen molar-refractivity contribution in [1.82, 2.24) is 21.2 Å². The number of halogens is 1. The number of rotatable bonds is 4. The number of aryl methyl sites for hydroxylation is 1. The molecule has 1 aromatic heterocycles. The van der Waals surface area contributed by atoms with Crippen LogP contribution >= 0.6 is 11.6 Å². The Hall–Kier alpha value is -1.56. The maximum atomic E-state index is 12.6. The molecule has 0 spiro atoms. The fraction of sp³-hybridized carbons (Fsp3) is 0.550. The van der Waals surface area contributed by atoms with E-state index in [9.17, 15) is 4.79 Å². The van der Waals surface area contributed by atoms with Crippen LogP contribution in [0.3, 0.4) is 0 Å². The van der Waals surface area contributed by atoms with Crippen molar-refractivity contribution in [2.24, 2.45) is 5.92 Å². The highest BCUT2D eigenvalue weighted by atomic mass is 35.5. The second-order valence-corrected chi connectivity index (χ2v) is 8.22. The predicted octanol–water partition coefficient (Wildman–Crippen LogP) is 3.60. The fourth-order valence-corrected chi connectivity index (χ4v) is 4.73. The third-order valence-electron chi connectivity index (χ3n) is 6.03. The highest BCUT2D eigenvalue weighted by molar-refractivity contribution is 6.31. The molecule has 4 N–H and O–H groups in total. The summed E-state index contributed by atoms with van der Waals surface area (Å²) in [6.45, 7) is 4.34. The van der Waals surface area contributed by atoms with Gasteiger partial charge in [-0.1, -0.05) is 11.6 Å². The van der Waals surface area contributed by atoms with Crippen molar-refractivity contribution in [1.29, 1.82) is 0 Å². The third-order valence-corrected chi connectivity index (χ3v) is 6.27. The summed E-state index contributed by atoms with van der Waals surface area (Å²) in [4.78, 5) is 16.1. The van der Waals surface area contributed by atoms with Crippen LogP contribution in [0.25, 0.3) is 10.9 Å². The fourth-order valence-electron chi connectivity index (χ4n) is 4.55. The number of benzene rings is 1. The van der Waals surface area contributed by atoms with Gasteiger partial charge in [0, 0.05) is 40.1 Å². The Morgan fingerprint density at radius 1 is 1.27 bits per heavy atom. The zero-order valence-electron chi connectivity index (χ0n) is 15.4. The molecule has 6 heteroatoms. The van der Waals surface area contributed by atoms with Crippen LogP contribution < -0.4 is 16.2 Å². The lowest BCUT2D eigenvalue weighted by atomic mass is 9.90. The molecule has 1 saturated heterocycles. The van der Waals surface area contributed by atoms with Crippen molar-refractivity contribution in [3.63, 3.8) is 0 Å². The van der Waals surface area contributed by atoms with Gasteiger partial charge in [-0.3, -0.25) is 15.6 Å². The van der Waals surface area contributed by atoms with Crippen molar-refractivity contribution in [3.05, 3.63) is 34.5 Å². The third kappa shape index (κ3) is 3.36. The number of carbonyl (C=O) groups is 1. The number of amides is 1. The van der Waals surface area contributed by atoms with Gasteiger partial charge < -0.3 is 10.3 Å². The molecule has 1 amide bonds. The van der Waals surface area contributed by atoms with Crippen LogP contribution in [0.2, 0.25) is 5.02 Å². The molecule has 1 aliphatic carbocycles. The number of hydrazine groups is 1. The minimum Gasteiger partial charge on any atom is -0.356 e. The Morgan fingerprint density at radius 3 is 2.81 bits per heavy atom. The van der Waals surface area contributed by atoms with E-state index >= 15 is 0 Å². The van der Waals surface area contributed by atoms with E-state index in [2.05, 4.69) is 35.0 Å². The molecule has 2 aliphatic rings. The molecule has 0 saturated carbocycles. The SMILES string of the molecule is CC1NNC(C)C1CCC(=O)NC1CCCc2c1[nH]c1ccc(Cl)cc21. The first-order chi connectivity index (χ1) is 12.5. The molecule has 1 fully saturated rings. The number of nitrogens with one attached hydrogen (secondary N) is 4. The first-order valence-corrected chi connectivity index (χ1v) is 10.0. The summed E-state index contributed by atoms with van der Waals surface area (Å²) in [6, 6.07) is 6.84. The Balaban J connectivity index is 1.45. The van der Waals surface area contributed by atoms with Crippen molar-refractivity contribution in [2.45, 2.75) is 64.1 Å². The number of aromatic amines is 1. The molecule has 1 aliphatic heterocycles. The molecule has 26 heavy (non-hydrogen) atoms. The number of fused-ring (bicyclic) bond motifs is 3. The van der Waals surface area contributed by atoms with E-state index in [1.165, 1.54) is 10.9 Å². The van der Waals surface area contributed by atoms with Gasteiger partial charge in [-0.15, -0.1) is 0 Å². The highest BCUT2D eigenvalue weighted by Gasteiger charge is 2.30. The largest absolute Gasteiger partial charge is 0.356 e. The zero-order valence-corrected chi connectivity index (χ0v) is 16.1. The van der Waals surface area contributed by atoms with Gasteiger partial charge in [0.1, 0.15) is 0 Å². The highest BCUT2D eigenvalue weighted by Crippen LogP contribution is 2.35. The van der Waals surface area contributed by atoms with Gasteiger partial charge >= 0.3 is 0 Å². The van der Waals surface area contributed by atoms with Gasteiger partial charge in [-0.2, -0.15) is 0 Å². The zero-order chi connectivity index (χ0) is 18.3. The topological polar surface area (TPSA) is 68.9 Å². The van der Waals surface area contributed by atoms with Crippen molar-refractivity contribution in [2.75, 3.05) is 0 Å².